The zero-order chi connectivity index (χ0) is 12.6. The lowest BCUT2D eigenvalue weighted by Crippen LogP contribution is -2.08. The van der Waals surface area contributed by atoms with Crippen LogP contribution in [0.25, 0.3) is 10.1 Å². The lowest BCUT2D eigenvalue weighted by atomic mass is 9.99. The molecule has 1 nitrogen and oxygen atoms in total. The van der Waals surface area contributed by atoms with Crippen molar-refractivity contribution in [3.63, 3.8) is 0 Å². The third-order valence-electron chi connectivity index (χ3n) is 2.82. The van der Waals surface area contributed by atoms with Gasteiger partial charge < -0.3 is 5.73 Å². The summed E-state index contributed by atoms with van der Waals surface area (Å²) in [5, 5.41) is 2.44. The summed E-state index contributed by atoms with van der Waals surface area (Å²) in [6, 6.07) is 4.29. The summed E-state index contributed by atoms with van der Waals surface area (Å²) >= 11 is 1.14. The highest BCUT2D eigenvalue weighted by atomic mass is 32.1. The number of benzene rings is 1. The zero-order valence-electron chi connectivity index (χ0n) is 9.21. The monoisotopic (exact) mass is 259 g/mol. The highest BCUT2D eigenvalue weighted by molar-refractivity contribution is 7.17. The van der Waals surface area contributed by atoms with E-state index in [0.717, 1.165) is 23.0 Å². The SMILES string of the molecule is CC(CN)c1csc2c(C(F)(F)F)cccc12. The zero-order valence-corrected chi connectivity index (χ0v) is 10.0. The molecule has 1 heterocycles. The van der Waals surface area contributed by atoms with E-state index in [1.165, 1.54) is 6.07 Å². The average molecular weight is 259 g/mol. The maximum absolute atomic E-state index is 12.8. The fourth-order valence-electron chi connectivity index (χ4n) is 1.81. The van der Waals surface area contributed by atoms with Crippen molar-refractivity contribution < 1.29 is 13.2 Å². The maximum atomic E-state index is 12.8. The number of hydrogen-bond donors (Lipinski definition) is 1. The van der Waals surface area contributed by atoms with Gasteiger partial charge in [-0.2, -0.15) is 13.2 Å². The molecule has 0 bridgehead atoms. The molecule has 0 aliphatic heterocycles. The van der Waals surface area contributed by atoms with Crippen molar-refractivity contribution in [1.82, 2.24) is 0 Å². The van der Waals surface area contributed by atoms with Gasteiger partial charge in [-0.25, -0.2) is 0 Å². The Morgan fingerprint density at radius 2 is 2.06 bits per heavy atom. The van der Waals surface area contributed by atoms with Gasteiger partial charge in [0.15, 0.2) is 0 Å². The third-order valence-corrected chi connectivity index (χ3v) is 3.87. The van der Waals surface area contributed by atoms with E-state index in [-0.39, 0.29) is 5.92 Å². The Morgan fingerprint density at radius 1 is 1.35 bits per heavy atom. The molecule has 92 valence electrons. The van der Waals surface area contributed by atoms with Crippen molar-refractivity contribution in [2.75, 3.05) is 6.54 Å². The summed E-state index contributed by atoms with van der Waals surface area (Å²) < 4.78 is 38.7. The van der Waals surface area contributed by atoms with Crippen LogP contribution in [0.3, 0.4) is 0 Å². The molecule has 5 heteroatoms. The Morgan fingerprint density at radius 3 is 2.65 bits per heavy atom. The van der Waals surface area contributed by atoms with Crippen molar-refractivity contribution in [2.45, 2.75) is 19.0 Å². The van der Waals surface area contributed by atoms with Gasteiger partial charge in [-0.05, 0) is 34.9 Å². The van der Waals surface area contributed by atoms with Crippen LogP contribution in [0.2, 0.25) is 0 Å². The van der Waals surface area contributed by atoms with E-state index in [9.17, 15) is 13.2 Å². The van der Waals surface area contributed by atoms with Crippen molar-refractivity contribution in [2.24, 2.45) is 5.73 Å². The Labute approximate surface area is 101 Å². The molecule has 0 fully saturated rings. The van der Waals surface area contributed by atoms with Crippen LogP contribution in [0.4, 0.5) is 13.2 Å². The smallest absolute Gasteiger partial charge is 0.330 e. The second kappa shape index (κ2) is 4.31. The van der Waals surface area contributed by atoms with Crippen LogP contribution in [-0.2, 0) is 6.18 Å². The second-order valence-electron chi connectivity index (χ2n) is 4.01. The molecule has 0 saturated carbocycles. The standard InChI is InChI=1S/C12H12F3NS/c1-7(5-16)9-6-17-11-8(9)3-2-4-10(11)12(13,14)15/h2-4,6-7H,5,16H2,1H3. The predicted octanol–water partition coefficient (Wildman–Crippen LogP) is 3.98. The number of hydrogen-bond acceptors (Lipinski definition) is 2. The lowest BCUT2D eigenvalue weighted by Gasteiger charge is -2.09. The van der Waals surface area contributed by atoms with E-state index in [0.29, 0.717) is 16.6 Å². The van der Waals surface area contributed by atoms with Gasteiger partial charge in [0.05, 0.1) is 5.56 Å². The molecule has 0 spiro atoms. The van der Waals surface area contributed by atoms with Gasteiger partial charge in [-0.3, -0.25) is 0 Å². The minimum absolute atomic E-state index is 0.0761. The molecule has 0 radical (unpaired) electrons. The topological polar surface area (TPSA) is 26.0 Å². The molecule has 0 amide bonds. The van der Waals surface area contributed by atoms with Crippen molar-refractivity contribution >= 4 is 21.4 Å². The van der Waals surface area contributed by atoms with E-state index in [4.69, 9.17) is 5.73 Å². The first kappa shape index (κ1) is 12.4. The summed E-state index contributed by atoms with van der Waals surface area (Å²) in [6.07, 6.45) is -4.30. The summed E-state index contributed by atoms with van der Waals surface area (Å²) in [5.74, 6) is 0.0761. The Hall–Kier alpha value is -1.07. The van der Waals surface area contributed by atoms with Crippen LogP contribution in [0.1, 0.15) is 24.0 Å². The fraction of sp³-hybridized carbons (Fsp3) is 0.333. The van der Waals surface area contributed by atoms with E-state index in [1.54, 1.807) is 11.4 Å². The molecule has 1 aromatic carbocycles. The number of alkyl halides is 3. The minimum atomic E-state index is -4.30. The quantitative estimate of drug-likeness (QED) is 0.867. The van der Waals surface area contributed by atoms with Gasteiger partial charge in [0.1, 0.15) is 0 Å². The van der Waals surface area contributed by atoms with E-state index in [2.05, 4.69) is 0 Å². The van der Waals surface area contributed by atoms with Crippen LogP contribution in [0.5, 0.6) is 0 Å². The third kappa shape index (κ3) is 2.17. The van der Waals surface area contributed by atoms with Crippen LogP contribution < -0.4 is 5.73 Å². The highest BCUT2D eigenvalue weighted by Crippen LogP contribution is 2.40. The number of nitrogens with two attached hydrogens (primary N) is 1. The van der Waals surface area contributed by atoms with Gasteiger partial charge >= 0.3 is 6.18 Å². The number of halogens is 3. The molecule has 1 unspecified atom stereocenters. The summed E-state index contributed by atoms with van der Waals surface area (Å²) in [7, 11) is 0. The number of rotatable bonds is 2. The van der Waals surface area contributed by atoms with Gasteiger partial charge in [-0.1, -0.05) is 19.1 Å². The molecule has 2 N–H and O–H groups in total. The molecule has 0 aliphatic rings. The molecule has 1 atom stereocenters. The Kier molecular flexibility index (Phi) is 3.14. The first-order valence-corrected chi connectivity index (χ1v) is 6.10. The molecule has 0 aliphatic carbocycles. The molecule has 1 aromatic heterocycles. The largest absolute Gasteiger partial charge is 0.417 e. The van der Waals surface area contributed by atoms with Crippen LogP contribution in [0, 0.1) is 0 Å². The van der Waals surface area contributed by atoms with E-state index in [1.807, 2.05) is 6.92 Å². The van der Waals surface area contributed by atoms with Crippen LogP contribution in [0.15, 0.2) is 23.6 Å². The van der Waals surface area contributed by atoms with Crippen molar-refractivity contribution in [3.05, 3.63) is 34.7 Å². The number of thiophene rings is 1. The fourth-order valence-corrected chi connectivity index (χ4v) is 3.04. The molecule has 2 rings (SSSR count). The molecule has 0 saturated heterocycles. The summed E-state index contributed by atoms with van der Waals surface area (Å²) in [6.45, 7) is 2.35. The highest BCUT2D eigenvalue weighted by Gasteiger charge is 2.33. The first-order valence-electron chi connectivity index (χ1n) is 5.22. The summed E-state index contributed by atoms with van der Waals surface area (Å²) in [4.78, 5) is 0. The Bertz CT molecular complexity index is 530. The van der Waals surface area contributed by atoms with Gasteiger partial charge in [-0.15, -0.1) is 11.3 Å². The first-order chi connectivity index (χ1) is 7.95. The second-order valence-corrected chi connectivity index (χ2v) is 4.89. The molecule has 17 heavy (non-hydrogen) atoms. The number of fused-ring (bicyclic) bond motifs is 1. The molecular weight excluding hydrogens is 247 g/mol. The van der Waals surface area contributed by atoms with Gasteiger partial charge in [0.25, 0.3) is 0 Å². The summed E-state index contributed by atoms with van der Waals surface area (Å²) in [5.41, 5.74) is 5.90. The van der Waals surface area contributed by atoms with E-state index < -0.39 is 11.7 Å². The van der Waals surface area contributed by atoms with Crippen molar-refractivity contribution in [3.8, 4) is 0 Å². The lowest BCUT2D eigenvalue weighted by molar-refractivity contribution is -0.136. The predicted molar refractivity (Wildman–Crippen MR) is 64.3 cm³/mol. The molecule has 2 aromatic rings. The van der Waals surface area contributed by atoms with Gasteiger partial charge in [0.2, 0.25) is 0 Å². The minimum Gasteiger partial charge on any atom is -0.330 e. The van der Waals surface area contributed by atoms with E-state index >= 15 is 0 Å². The van der Waals surface area contributed by atoms with Gasteiger partial charge in [0, 0.05) is 4.70 Å². The Balaban J connectivity index is 2.65. The van der Waals surface area contributed by atoms with Crippen LogP contribution >= 0.6 is 11.3 Å². The van der Waals surface area contributed by atoms with Crippen LogP contribution in [-0.4, -0.2) is 6.54 Å². The average Bonchev–Trinajstić information content (AvgIpc) is 2.69. The maximum Gasteiger partial charge on any atom is 0.417 e. The normalized spacial score (nSPS) is 14.2. The molecular formula is C12H12F3NS. The van der Waals surface area contributed by atoms with Crippen molar-refractivity contribution in [1.29, 1.82) is 0 Å².